The van der Waals surface area contributed by atoms with Gasteiger partial charge < -0.3 is 4.74 Å². The van der Waals surface area contributed by atoms with E-state index in [2.05, 4.69) is 4.72 Å². The Morgan fingerprint density at radius 2 is 1.83 bits per heavy atom. The summed E-state index contributed by atoms with van der Waals surface area (Å²) in [5, 5.41) is 1.78. The molecule has 2 aromatic rings. The number of Topliss-reactive ketones (excluding diaryl/α,β-unsaturated/α-hetero) is 1. The minimum atomic E-state index is -3.36. The van der Waals surface area contributed by atoms with Crippen LogP contribution in [0.4, 0.5) is 5.69 Å². The van der Waals surface area contributed by atoms with Crippen LogP contribution in [-0.2, 0) is 14.8 Å². The summed E-state index contributed by atoms with van der Waals surface area (Å²) in [7, 11) is -3.36. The van der Waals surface area contributed by atoms with E-state index < -0.39 is 16.0 Å². The van der Waals surface area contributed by atoms with Crippen molar-refractivity contribution >= 4 is 38.8 Å². The molecule has 0 aliphatic heterocycles. The van der Waals surface area contributed by atoms with Crippen molar-refractivity contribution < 1.29 is 22.7 Å². The standard InChI is InChI=1S/C15H15NO5S2/c1-10-7-8-22-14(10)15(18)21-9-13(17)11-3-5-12(6-4-11)16-23(2,19)20/h3-8,16H,9H2,1-2H3. The van der Waals surface area contributed by atoms with Gasteiger partial charge >= 0.3 is 5.97 Å². The van der Waals surface area contributed by atoms with Gasteiger partial charge in [-0.3, -0.25) is 9.52 Å². The maximum atomic E-state index is 12.0. The summed E-state index contributed by atoms with van der Waals surface area (Å²) in [5.74, 6) is -0.889. The van der Waals surface area contributed by atoms with E-state index in [0.29, 0.717) is 16.1 Å². The molecular weight excluding hydrogens is 338 g/mol. The van der Waals surface area contributed by atoms with Crippen molar-refractivity contribution in [2.75, 3.05) is 17.6 Å². The maximum absolute atomic E-state index is 12.0. The van der Waals surface area contributed by atoms with Gasteiger partial charge in [0.15, 0.2) is 12.4 Å². The topological polar surface area (TPSA) is 89.5 Å². The number of ketones is 1. The van der Waals surface area contributed by atoms with E-state index in [-0.39, 0.29) is 12.4 Å². The van der Waals surface area contributed by atoms with E-state index >= 15 is 0 Å². The molecule has 0 spiro atoms. The average Bonchev–Trinajstić information content (AvgIpc) is 2.90. The highest BCUT2D eigenvalue weighted by molar-refractivity contribution is 7.92. The zero-order chi connectivity index (χ0) is 17.0. The van der Waals surface area contributed by atoms with Crippen molar-refractivity contribution in [3.05, 3.63) is 51.7 Å². The fourth-order valence-corrected chi connectivity index (χ4v) is 3.18. The zero-order valence-electron chi connectivity index (χ0n) is 12.5. The van der Waals surface area contributed by atoms with E-state index in [4.69, 9.17) is 4.74 Å². The molecule has 1 heterocycles. The first-order valence-electron chi connectivity index (χ1n) is 6.58. The molecule has 0 amide bonds. The monoisotopic (exact) mass is 353 g/mol. The van der Waals surface area contributed by atoms with Crippen LogP contribution in [0.25, 0.3) is 0 Å². The van der Waals surface area contributed by atoms with Crippen LogP contribution in [0.3, 0.4) is 0 Å². The summed E-state index contributed by atoms with van der Waals surface area (Å²) < 4.78 is 29.5. The highest BCUT2D eigenvalue weighted by Crippen LogP contribution is 2.17. The summed E-state index contributed by atoms with van der Waals surface area (Å²) in [6.45, 7) is 1.43. The molecule has 1 aromatic heterocycles. The van der Waals surface area contributed by atoms with E-state index in [9.17, 15) is 18.0 Å². The molecule has 2 rings (SSSR count). The Balaban J connectivity index is 1.96. The molecular formula is C15H15NO5S2. The van der Waals surface area contributed by atoms with Crippen LogP contribution in [0, 0.1) is 6.92 Å². The number of nitrogens with one attached hydrogen (secondary N) is 1. The van der Waals surface area contributed by atoms with Crippen LogP contribution in [0.5, 0.6) is 0 Å². The number of carbonyl (C=O) groups excluding carboxylic acids is 2. The molecule has 0 radical (unpaired) electrons. The van der Waals surface area contributed by atoms with Crippen molar-refractivity contribution in [2.45, 2.75) is 6.92 Å². The minimum Gasteiger partial charge on any atom is -0.453 e. The zero-order valence-corrected chi connectivity index (χ0v) is 14.2. The molecule has 0 saturated heterocycles. The van der Waals surface area contributed by atoms with Crippen LogP contribution in [0.1, 0.15) is 25.6 Å². The maximum Gasteiger partial charge on any atom is 0.349 e. The fourth-order valence-electron chi connectivity index (χ4n) is 1.80. The number of sulfonamides is 1. The molecule has 8 heteroatoms. The van der Waals surface area contributed by atoms with Crippen molar-refractivity contribution in [2.24, 2.45) is 0 Å². The third-order valence-corrected chi connectivity index (χ3v) is 4.49. The largest absolute Gasteiger partial charge is 0.453 e. The van der Waals surface area contributed by atoms with Gasteiger partial charge in [0, 0.05) is 11.3 Å². The molecule has 23 heavy (non-hydrogen) atoms. The van der Waals surface area contributed by atoms with Gasteiger partial charge in [0.1, 0.15) is 4.88 Å². The van der Waals surface area contributed by atoms with Gasteiger partial charge in [-0.15, -0.1) is 11.3 Å². The Labute approximate surface area is 138 Å². The second-order valence-corrected chi connectivity index (χ2v) is 7.55. The lowest BCUT2D eigenvalue weighted by Crippen LogP contribution is -2.14. The second kappa shape index (κ2) is 6.93. The number of anilines is 1. The molecule has 1 aromatic carbocycles. The number of hydrogen-bond acceptors (Lipinski definition) is 6. The Bertz CT molecular complexity index is 822. The number of esters is 1. The Hall–Kier alpha value is -2.19. The molecule has 1 N–H and O–H groups in total. The van der Waals surface area contributed by atoms with Crippen LogP contribution in [-0.4, -0.2) is 33.0 Å². The molecule has 0 aliphatic rings. The molecule has 0 fully saturated rings. The number of aryl methyl sites for hydroxylation is 1. The van der Waals surface area contributed by atoms with Gasteiger partial charge in [0.25, 0.3) is 0 Å². The van der Waals surface area contributed by atoms with Gasteiger partial charge in [-0.05, 0) is 48.2 Å². The third-order valence-electron chi connectivity index (χ3n) is 2.89. The molecule has 6 nitrogen and oxygen atoms in total. The van der Waals surface area contributed by atoms with Crippen molar-refractivity contribution in [1.29, 1.82) is 0 Å². The van der Waals surface area contributed by atoms with Gasteiger partial charge in [0.2, 0.25) is 10.0 Å². The quantitative estimate of drug-likeness (QED) is 0.636. The van der Waals surface area contributed by atoms with E-state index in [1.54, 1.807) is 18.4 Å². The number of benzene rings is 1. The van der Waals surface area contributed by atoms with E-state index in [0.717, 1.165) is 11.8 Å². The molecule has 122 valence electrons. The smallest absolute Gasteiger partial charge is 0.349 e. The second-order valence-electron chi connectivity index (χ2n) is 4.88. The van der Waals surface area contributed by atoms with E-state index in [1.165, 1.54) is 35.6 Å². The van der Waals surface area contributed by atoms with Crippen LogP contribution < -0.4 is 4.72 Å². The molecule has 0 saturated carbocycles. The van der Waals surface area contributed by atoms with Gasteiger partial charge in [-0.25, -0.2) is 13.2 Å². The summed E-state index contributed by atoms with van der Waals surface area (Å²) >= 11 is 1.26. The SMILES string of the molecule is Cc1ccsc1C(=O)OCC(=O)c1ccc(NS(C)(=O)=O)cc1. The highest BCUT2D eigenvalue weighted by Gasteiger charge is 2.15. The van der Waals surface area contributed by atoms with Gasteiger partial charge in [0.05, 0.1) is 6.26 Å². The van der Waals surface area contributed by atoms with Crippen molar-refractivity contribution in [3.8, 4) is 0 Å². The fraction of sp³-hybridized carbons (Fsp3) is 0.200. The average molecular weight is 353 g/mol. The number of ether oxygens (including phenoxy) is 1. The molecule has 0 unspecified atom stereocenters. The normalized spacial score (nSPS) is 11.0. The van der Waals surface area contributed by atoms with Crippen LogP contribution in [0.2, 0.25) is 0 Å². The number of carbonyl (C=O) groups is 2. The number of hydrogen-bond donors (Lipinski definition) is 1. The first-order chi connectivity index (χ1) is 10.8. The number of thiophene rings is 1. The van der Waals surface area contributed by atoms with Gasteiger partial charge in [-0.1, -0.05) is 0 Å². The molecule has 0 atom stereocenters. The summed E-state index contributed by atoms with van der Waals surface area (Å²) in [5.41, 5.74) is 1.50. The van der Waals surface area contributed by atoms with Crippen molar-refractivity contribution in [3.63, 3.8) is 0 Å². The third kappa shape index (κ3) is 4.90. The highest BCUT2D eigenvalue weighted by atomic mass is 32.2. The summed E-state index contributed by atoms with van der Waals surface area (Å²) in [6, 6.07) is 7.69. The molecule has 0 bridgehead atoms. The minimum absolute atomic E-state index is 0.333. The molecule has 0 aliphatic carbocycles. The van der Waals surface area contributed by atoms with Crippen LogP contribution in [0.15, 0.2) is 35.7 Å². The van der Waals surface area contributed by atoms with E-state index in [1.807, 2.05) is 0 Å². The lowest BCUT2D eigenvalue weighted by molar-refractivity contribution is 0.0479. The van der Waals surface area contributed by atoms with Crippen molar-refractivity contribution in [1.82, 2.24) is 0 Å². The first-order valence-corrected chi connectivity index (χ1v) is 9.35. The summed E-state index contributed by atoms with van der Waals surface area (Å²) in [4.78, 5) is 24.3. The first kappa shape index (κ1) is 17.2. The lowest BCUT2D eigenvalue weighted by atomic mass is 10.1. The lowest BCUT2D eigenvalue weighted by Gasteiger charge is -2.06. The van der Waals surface area contributed by atoms with Gasteiger partial charge in [-0.2, -0.15) is 0 Å². The Morgan fingerprint density at radius 1 is 1.17 bits per heavy atom. The predicted molar refractivity (Wildman–Crippen MR) is 88.6 cm³/mol. The number of rotatable bonds is 6. The Kier molecular flexibility index (Phi) is 5.17. The Morgan fingerprint density at radius 3 is 2.35 bits per heavy atom. The van der Waals surface area contributed by atoms with Crippen LogP contribution >= 0.6 is 11.3 Å². The predicted octanol–water partition coefficient (Wildman–Crippen LogP) is 2.47. The summed E-state index contributed by atoms with van der Waals surface area (Å²) in [6.07, 6.45) is 1.04.